The van der Waals surface area contributed by atoms with Crippen LogP contribution in [0.1, 0.15) is 11.4 Å². The summed E-state index contributed by atoms with van der Waals surface area (Å²) in [4.78, 5) is 13.5. The molecule has 0 saturated carbocycles. The third-order valence-electron chi connectivity index (χ3n) is 9.29. The fourth-order valence-corrected chi connectivity index (χ4v) is 6.25. The molecule has 0 aliphatic carbocycles. The minimum absolute atomic E-state index is 0.00703. The smallest absolute Gasteiger partial charge is 0.177 e. The largest absolute Gasteiger partial charge is 0.378 e. The Morgan fingerprint density at radius 1 is 0.327 bits per heavy atom. The highest BCUT2D eigenvalue weighted by Crippen LogP contribution is 2.34. The topological polar surface area (TPSA) is 79.8 Å². The normalized spacial score (nSPS) is 10.7. The van der Waals surface area contributed by atoms with E-state index in [1.807, 2.05) is 52.5 Å². The maximum atomic E-state index is 9.80. The summed E-state index contributed by atoms with van der Waals surface area (Å²) in [5.41, 5.74) is 14.0. The summed E-state index contributed by atoms with van der Waals surface area (Å²) in [5.74, 6) is 0. The first-order valence-electron chi connectivity index (χ1n) is 17.0. The van der Waals surface area contributed by atoms with Crippen LogP contribution in [0.25, 0.3) is 67.0 Å². The first-order chi connectivity index (χ1) is 25.3. The van der Waals surface area contributed by atoms with Gasteiger partial charge in [0.05, 0.1) is 11.4 Å². The average Bonchev–Trinajstić information content (AvgIpc) is 3.20. The predicted octanol–water partition coefficient (Wildman–Crippen LogP) is 10.4. The second-order valence-electron chi connectivity index (χ2n) is 13.0. The van der Waals surface area contributed by atoms with Gasteiger partial charge >= 0.3 is 0 Å². The summed E-state index contributed by atoms with van der Waals surface area (Å²) in [6, 6.07) is 54.4. The van der Waals surface area contributed by atoms with Crippen LogP contribution in [0.4, 0.5) is 11.4 Å². The molecule has 250 valence electrons. The van der Waals surface area contributed by atoms with Crippen LogP contribution in [0.2, 0.25) is 0 Å². The van der Waals surface area contributed by atoms with Crippen molar-refractivity contribution in [3.05, 3.63) is 157 Å². The third-order valence-corrected chi connectivity index (χ3v) is 9.29. The molecule has 0 amide bonds. The van der Waals surface area contributed by atoms with Crippen molar-refractivity contribution in [2.24, 2.45) is 0 Å². The molecule has 7 rings (SSSR count). The molecule has 0 aliphatic rings. The van der Waals surface area contributed by atoms with Crippen LogP contribution in [0.5, 0.6) is 0 Å². The van der Waals surface area contributed by atoms with E-state index in [9.17, 15) is 10.5 Å². The Kier molecular flexibility index (Phi) is 9.30. The number of rotatable bonds is 8. The Hall–Kier alpha value is -7.02. The van der Waals surface area contributed by atoms with Crippen molar-refractivity contribution in [2.75, 3.05) is 38.0 Å². The Labute approximate surface area is 305 Å². The van der Waals surface area contributed by atoms with Crippen LogP contribution >= 0.6 is 0 Å². The predicted molar refractivity (Wildman–Crippen MR) is 213 cm³/mol. The van der Waals surface area contributed by atoms with Gasteiger partial charge in [-0.15, -0.1) is 0 Å². The molecule has 1 heterocycles. The number of nitrogens with zero attached hydrogens (tertiary/aromatic N) is 6. The molecule has 6 heteroatoms. The van der Waals surface area contributed by atoms with Crippen LogP contribution in [0.3, 0.4) is 0 Å². The first-order valence-corrected chi connectivity index (χ1v) is 17.0. The quantitative estimate of drug-likeness (QED) is 0.160. The monoisotopic (exact) mass is 672 g/mol. The first kappa shape index (κ1) is 33.5. The molecule has 0 saturated heterocycles. The Morgan fingerprint density at radius 2 is 0.519 bits per heavy atom. The molecule has 0 atom stereocenters. The van der Waals surface area contributed by atoms with Crippen molar-refractivity contribution in [3.8, 4) is 79.2 Å². The second kappa shape index (κ2) is 14.5. The second-order valence-corrected chi connectivity index (χ2v) is 13.0. The fourth-order valence-electron chi connectivity index (χ4n) is 6.25. The van der Waals surface area contributed by atoms with E-state index in [1.54, 1.807) is 0 Å². The Morgan fingerprint density at radius 3 is 0.712 bits per heavy atom. The van der Waals surface area contributed by atoms with Crippen molar-refractivity contribution < 1.29 is 0 Å². The third kappa shape index (κ3) is 6.87. The highest BCUT2D eigenvalue weighted by Gasteiger charge is 2.17. The molecule has 52 heavy (non-hydrogen) atoms. The molecule has 0 N–H and O–H groups in total. The number of nitriles is 2. The molecule has 0 aliphatic heterocycles. The van der Waals surface area contributed by atoms with E-state index in [2.05, 4.69) is 153 Å². The molecular weight excluding hydrogens is 637 g/mol. The Bertz CT molecular complexity index is 2240. The highest BCUT2D eigenvalue weighted by atomic mass is 15.1. The highest BCUT2D eigenvalue weighted by molar-refractivity contribution is 5.82. The van der Waals surface area contributed by atoms with Crippen LogP contribution in [-0.4, -0.2) is 38.2 Å². The Balaban J connectivity index is 1.15. The van der Waals surface area contributed by atoms with E-state index in [-0.39, 0.29) is 11.4 Å². The van der Waals surface area contributed by atoms with E-state index in [0.717, 1.165) is 44.5 Å². The molecule has 0 fully saturated rings. The van der Waals surface area contributed by atoms with Gasteiger partial charge in [0.1, 0.15) is 12.1 Å². The van der Waals surface area contributed by atoms with Crippen LogP contribution < -0.4 is 9.80 Å². The molecule has 0 bridgehead atoms. The van der Waals surface area contributed by atoms with Gasteiger partial charge in [0, 0.05) is 50.7 Å². The number of hydrogen-bond donors (Lipinski definition) is 0. The molecule has 1 aromatic heterocycles. The van der Waals surface area contributed by atoms with Crippen molar-refractivity contribution in [1.82, 2.24) is 9.97 Å². The molecule has 0 spiro atoms. The van der Waals surface area contributed by atoms with Gasteiger partial charge in [0.2, 0.25) is 0 Å². The number of aromatic nitrogens is 2. The van der Waals surface area contributed by atoms with Crippen molar-refractivity contribution in [3.63, 3.8) is 0 Å². The molecule has 6 aromatic carbocycles. The molecular formula is C46H36N6. The number of anilines is 2. The summed E-state index contributed by atoms with van der Waals surface area (Å²) < 4.78 is 0. The number of benzene rings is 6. The van der Waals surface area contributed by atoms with E-state index in [1.165, 1.54) is 22.5 Å². The van der Waals surface area contributed by atoms with Crippen LogP contribution in [-0.2, 0) is 0 Å². The van der Waals surface area contributed by atoms with Crippen molar-refractivity contribution >= 4 is 11.4 Å². The van der Waals surface area contributed by atoms with Gasteiger partial charge in [0.15, 0.2) is 11.4 Å². The lowest BCUT2D eigenvalue weighted by Gasteiger charge is -2.13. The average molecular weight is 673 g/mol. The van der Waals surface area contributed by atoms with Gasteiger partial charge < -0.3 is 9.80 Å². The summed E-state index contributed by atoms with van der Waals surface area (Å²) in [5, 5.41) is 19.6. The molecule has 6 nitrogen and oxygen atoms in total. The summed E-state index contributed by atoms with van der Waals surface area (Å²) in [6.45, 7) is 0. The molecule has 0 radical (unpaired) electrons. The molecule has 7 aromatic rings. The van der Waals surface area contributed by atoms with Crippen molar-refractivity contribution in [2.45, 2.75) is 0 Å². The van der Waals surface area contributed by atoms with Gasteiger partial charge in [0.25, 0.3) is 0 Å². The summed E-state index contributed by atoms with van der Waals surface area (Å²) in [6.07, 6.45) is 0. The fraction of sp³-hybridized carbons (Fsp3) is 0.0870. The maximum Gasteiger partial charge on any atom is 0.177 e. The zero-order valence-corrected chi connectivity index (χ0v) is 29.5. The zero-order valence-electron chi connectivity index (χ0n) is 29.5. The van der Waals surface area contributed by atoms with E-state index < -0.39 is 0 Å². The molecule has 0 unspecified atom stereocenters. The SMILES string of the molecule is CN(C)c1ccc(-c2ccc(-c3ccc(-c4nc(C#N)c(C#N)nc4-c4ccc(-c5ccc(-c6ccc(N(C)C)cc6)cc5)cc4)cc3)cc2)cc1. The van der Waals surface area contributed by atoms with Gasteiger partial charge in [-0.3, -0.25) is 0 Å². The van der Waals surface area contributed by atoms with Gasteiger partial charge in [-0.1, -0.05) is 121 Å². The van der Waals surface area contributed by atoms with Crippen molar-refractivity contribution in [1.29, 1.82) is 10.5 Å². The number of hydrogen-bond acceptors (Lipinski definition) is 6. The van der Waals surface area contributed by atoms with Crippen LogP contribution in [0, 0.1) is 22.7 Å². The minimum atomic E-state index is 0.00703. The summed E-state index contributed by atoms with van der Waals surface area (Å²) >= 11 is 0. The van der Waals surface area contributed by atoms with Crippen LogP contribution in [0.15, 0.2) is 146 Å². The van der Waals surface area contributed by atoms with E-state index in [4.69, 9.17) is 0 Å². The van der Waals surface area contributed by atoms with Gasteiger partial charge in [-0.05, 0) is 68.8 Å². The lowest BCUT2D eigenvalue weighted by atomic mass is 9.96. The minimum Gasteiger partial charge on any atom is -0.378 e. The van der Waals surface area contributed by atoms with Gasteiger partial charge in [-0.2, -0.15) is 10.5 Å². The van der Waals surface area contributed by atoms with E-state index in [0.29, 0.717) is 11.4 Å². The van der Waals surface area contributed by atoms with E-state index >= 15 is 0 Å². The lowest BCUT2D eigenvalue weighted by molar-refractivity contribution is 1.13. The zero-order chi connectivity index (χ0) is 36.2. The lowest BCUT2D eigenvalue weighted by Crippen LogP contribution is -2.07. The van der Waals surface area contributed by atoms with Gasteiger partial charge in [-0.25, -0.2) is 9.97 Å². The summed E-state index contributed by atoms with van der Waals surface area (Å²) in [7, 11) is 8.16. The standard InChI is InChI=1S/C46H36N6/c1-51(2)41-25-21-37(22-26-41)33-9-5-31(6-10-33)35-13-17-39(18-14-35)45-46(50-44(30-48)43(29-47)49-45)40-19-15-36(16-20-40)32-7-11-34(12-8-32)38-23-27-42(28-24-38)52(3)4/h5-28H,1-4H3. The maximum absolute atomic E-state index is 9.80.